The second-order valence-electron chi connectivity index (χ2n) is 4.21. The fourth-order valence-corrected chi connectivity index (χ4v) is 1.70. The molecular formula is C11H14BNO3. The van der Waals surface area contributed by atoms with E-state index in [0.717, 1.165) is 5.56 Å². The third kappa shape index (κ3) is 2.10. The third-order valence-electron chi connectivity index (χ3n) is 2.49. The molecule has 0 aromatic heterocycles. The first-order chi connectivity index (χ1) is 7.58. The monoisotopic (exact) mass is 219 g/mol. The summed E-state index contributed by atoms with van der Waals surface area (Å²) in [6.07, 6.45) is 0. The standard InChI is InChI=1S/C11H14BNO3/c1-7(2)13-11(14)8-3-4-9-6-16-12(15)10(9)5-8/h3-5,7,15H,6H2,1-2H3,(H,13,14). The summed E-state index contributed by atoms with van der Waals surface area (Å²) < 4.78 is 5.06. The molecule has 5 heteroatoms. The van der Waals surface area contributed by atoms with E-state index in [1.807, 2.05) is 19.9 Å². The van der Waals surface area contributed by atoms with Crippen LogP contribution in [0, 0.1) is 0 Å². The van der Waals surface area contributed by atoms with E-state index >= 15 is 0 Å². The molecule has 1 aromatic rings. The Kier molecular flexibility index (Phi) is 2.98. The number of hydrogen-bond acceptors (Lipinski definition) is 3. The van der Waals surface area contributed by atoms with Gasteiger partial charge in [0.2, 0.25) is 0 Å². The first-order valence-electron chi connectivity index (χ1n) is 5.31. The van der Waals surface area contributed by atoms with Gasteiger partial charge in [0.05, 0.1) is 6.61 Å². The summed E-state index contributed by atoms with van der Waals surface area (Å²) in [5.74, 6) is -0.128. The van der Waals surface area contributed by atoms with Crippen molar-refractivity contribution < 1.29 is 14.5 Å². The third-order valence-corrected chi connectivity index (χ3v) is 2.49. The van der Waals surface area contributed by atoms with Crippen LogP contribution in [0.2, 0.25) is 0 Å². The van der Waals surface area contributed by atoms with Crippen LogP contribution in [0.3, 0.4) is 0 Å². The predicted octanol–water partition coefficient (Wildman–Crippen LogP) is 0.0425. The van der Waals surface area contributed by atoms with Crippen LogP contribution in [-0.4, -0.2) is 24.1 Å². The Bertz CT molecular complexity index is 420. The molecule has 0 fully saturated rings. The van der Waals surface area contributed by atoms with Crippen molar-refractivity contribution >= 4 is 18.5 Å². The van der Waals surface area contributed by atoms with E-state index in [1.54, 1.807) is 12.1 Å². The molecule has 2 rings (SSSR count). The second kappa shape index (κ2) is 4.27. The van der Waals surface area contributed by atoms with Crippen LogP contribution in [0.4, 0.5) is 0 Å². The Hall–Kier alpha value is -1.33. The van der Waals surface area contributed by atoms with E-state index in [4.69, 9.17) is 4.65 Å². The lowest BCUT2D eigenvalue weighted by molar-refractivity contribution is 0.0943. The summed E-state index contributed by atoms with van der Waals surface area (Å²) in [6, 6.07) is 5.35. The number of carbonyl (C=O) groups is 1. The molecule has 0 radical (unpaired) electrons. The number of nitrogens with one attached hydrogen (secondary N) is 1. The number of benzene rings is 1. The quantitative estimate of drug-likeness (QED) is 0.690. The zero-order chi connectivity index (χ0) is 11.7. The van der Waals surface area contributed by atoms with Crippen LogP contribution in [-0.2, 0) is 11.3 Å². The van der Waals surface area contributed by atoms with Crippen molar-refractivity contribution in [3.8, 4) is 0 Å². The van der Waals surface area contributed by atoms with Crippen molar-refractivity contribution in [1.29, 1.82) is 0 Å². The number of fused-ring (bicyclic) bond motifs is 1. The van der Waals surface area contributed by atoms with Gasteiger partial charge in [-0.05, 0) is 37.0 Å². The number of amides is 1. The van der Waals surface area contributed by atoms with Crippen molar-refractivity contribution in [3.63, 3.8) is 0 Å². The topological polar surface area (TPSA) is 58.6 Å². The Labute approximate surface area is 94.8 Å². The van der Waals surface area contributed by atoms with E-state index in [1.165, 1.54) is 0 Å². The largest absolute Gasteiger partial charge is 0.491 e. The normalized spacial score (nSPS) is 14.1. The highest BCUT2D eigenvalue weighted by Crippen LogP contribution is 2.11. The zero-order valence-corrected chi connectivity index (χ0v) is 9.36. The first kappa shape index (κ1) is 11.2. The summed E-state index contributed by atoms with van der Waals surface area (Å²) in [5.41, 5.74) is 2.18. The molecule has 1 heterocycles. The molecule has 2 N–H and O–H groups in total. The van der Waals surface area contributed by atoms with Crippen LogP contribution < -0.4 is 10.8 Å². The van der Waals surface area contributed by atoms with Gasteiger partial charge in [-0.3, -0.25) is 4.79 Å². The Morgan fingerprint density at radius 1 is 1.56 bits per heavy atom. The molecule has 0 saturated carbocycles. The van der Waals surface area contributed by atoms with Gasteiger partial charge in [0.15, 0.2) is 0 Å². The smallest absolute Gasteiger partial charge is 0.423 e. The average Bonchev–Trinajstić information content (AvgIpc) is 2.59. The maximum absolute atomic E-state index is 11.7. The van der Waals surface area contributed by atoms with E-state index in [0.29, 0.717) is 17.6 Å². The summed E-state index contributed by atoms with van der Waals surface area (Å²) >= 11 is 0. The molecular weight excluding hydrogens is 205 g/mol. The summed E-state index contributed by atoms with van der Waals surface area (Å²) in [4.78, 5) is 11.7. The molecule has 0 aliphatic carbocycles. The molecule has 1 aliphatic rings. The van der Waals surface area contributed by atoms with Crippen LogP contribution in [0.1, 0.15) is 29.8 Å². The van der Waals surface area contributed by atoms with Crippen LogP contribution in [0.25, 0.3) is 0 Å². The van der Waals surface area contributed by atoms with E-state index in [2.05, 4.69) is 5.32 Å². The van der Waals surface area contributed by atoms with Crippen molar-refractivity contribution in [2.45, 2.75) is 26.5 Å². The number of carbonyl (C=O) groups excluding carboxylic acids is 1. The van der Waals surface area contributed by atoms with Gasteiger partial charge in [0, 0.05) is 11.6 Å². The van der Waals surface area contributed by atoms with Gasteiger partial charge in [-0.1, -0.05) is 6.07 Å². The van der Waals surface area contributed by atoms with Gasteiger partial charge in [-0.15, -0.1) is 0 Å². The van der Waals surface area contributed by atoms with Crippen LogP contribution >= 0.6 is 0 Å². The van der Waals surface area contributed by atoms with Gasteiger partial charge >= 0.3 is 7.12 Å². The Morgan fingerprint density at radius 2 is 2.31 bits per heavy atom. The SMILES string of the molecule is CC(C)NC(=O)c1ccc2c(c1)B(O)OC2. The number of hydrogen-bond donors (Lipinski definition) is 2. The molecule has 0 spiro atoms. The van der Waals surface area contributed by atoms with E-state index in [9.17, 15) is 9.82 Å². The fourth-order valence-electron chi connectivity index (χ4n) is 1.70. The zero-order valence-electron chi connectivity index (χ0n) is 9.36. The lowest BCUT2D eigenvalue weighted by Gasteiger charge is -2.09. The molecule has 0 unspecified atom stereocenters. The lowest BCUT2D eigenvalue weighted by atomic mass is 9.79. The predicted molar refractivity (Wildman–Crippen MR) is 61.4 cm³/mol. The minimum atomic E-state index is -0.901. The molecule has 84 valence electrons. The molecule has 4 nitrogen and oxygen atoms in total. The maximum atomic E-state index is 11.7. The average molecular weight is 219 g/mol. The molecule has 1 aliphatic heterocycles. The highest BCUT2D eigenvalue weighted by atomic mass is 16.5. The highest BCUT2D eigenvalue weighted by molar-refractivity contribution is 6.61. The minimum absolute atomic E-state index is 0.0990. The van der Waals surface area contributed by atoms with Crippen molar-refractivity contribution in [2.75, 3.05) is 0 Å². The highest BCUT2D eigenvalue weighted by Gasteiger charge is 2.27. The molecule has 0 atom stereocenters. The fraction of sp³-hybridized carbons (Fsp3) is 0.364. The molecule has 1 aromatic carbocycles. The van der Waals surface area contributed by atoms with Crippen molar-refractivity contribution in [1.82, 2.24) is 5.32 Å². The second-order valence-corrected chi connectivity index (χ2v) is 4.21. The van der Waals surface area contributed by atoms with Gasteiger partial charge in [0.25, 0.3) is 5.91 Å². The summed E-state index contributed by atoms with van der Waals surface area (Å²) in [5, 5.41) is 12.3. The van der Waals surface area contributed by atoms with E-state index < -0.39 is 7.12 Å². The van der Waals surface area contributed by atoms with Crippen LogP contribution in [0.15, 0.2) is 18.2 Å². The molecule has 0 saturated heterocycles. The first-order valence-corrected chi connectivity index (χ1v) is 5.31. The lowest BCUT2D eigenvalue weighted by Crippen LogP contribution is -2.33. The summed E-state index contributed by atoms with van der Waals surface area (Å²) in [7, 11) is -0.901. The Balaban J connectivity index is 2.24. The van der Waals surface area contributed by atoms with Crippen LogP contribution in [0.5, 0.6) is 0 Å². The van der Waals surface area contributed by atoms with Gasteiger partial charge in [0.1, 0.15) is 0 Å². The maximum Gasteiger partial charge on any atom is 0.491 e. The molecule has 16 heavy (non-hydrogen) atoms. The van der Waals surface area contributed by atoms with Gasteiger partial charge in [-0.2, -0.15) is 0 Å². The van der Waals surface area contributed by atoms with Gasteiger partial charge < -0.3 is 15.0 Å². The van der Waals surface area contributed by atoms with E-state index in [-0.39, 0.29) is 11.9 Å². The van der Waals surface area contributed by atoms with Gasteiger partial charge in [-0.25, -0.2) is 0 Å². The van der Waals surface area contributed by atoms with Crippen molar-refractivity contribution in [2.24, 2.45) is 0 Å². The van der Waals surface area contributed by atoms with Crippen molar-refractivity contribution in [3.05, 3.63) is 29.3 Å². The Morgan fingerprint density at radius 3 is 3.00 bits per heavy atom. The summed E-state index contributed by atoms with van der Waals surface area (Å²) in [6.45, 7) is 4.22. The molecule has 0 bridgehead atoms. The minimum Gasteiger partial charge on any atom is -0.423 e. The molecule has 1 amide bonds. The number of rotatable bonds is 2.